The number of hydrogen-bond donors (Lipinski definition) is 2. The highest BCUT2D eigenvalue weighted by molar-refractivity contribution is 7.80. The second-order valence-electron chi connectivity index (χ2n) is 5.25. The predicted octanol–water partition coefficient (Wildman–Crippen LogP) is 3.77. The molecular weight excluding hydrogens is 332 g/mol. The first-order chi connectivity index (χ1) is 11.1. The van der Waals surface area contributed by atoms with E-state index in [1.54, 1.807) is 0 Å². The number of para-hydroxylation sites is 2. The molecule has 0 saturated carbocycles. The molecular formula is C17H17ClN2O2S. The molecule has 0 aromatic heterocycles. The number of anilines is 1. The summed E-state index contributed by atoms with van der Waals surface area (Å²) < 4.78 is 11.6. The zero-order valence-corrected chi connectivity index (χ0v) is 14.2. The maximum atomic E-state index is 6.10. The van der Waals surface area contributed by atoms with Crippen LogP contribution in [0.2, 0.25) is 5.02 Å². The van der Waals surface area contributed by atoms with Crippen molar-refractivity contribution in [3.63, 3.8) is 0 Å². The van der Waals surface area contributed by atoms with Crippen molar-refractivity contribution in [1.29, 1.82) is 0 Å². The fourth-order valence-electron chi connectivity index (χ4n) is 2.28. The summed E-state index contributed by atoms with van der Waals surface area (Å²) in [5.41, 5.74) is 1.85. The van der Waals surface area contributed by atoms with Crippen LogP contribution in [0.5, 0.6) is 11.5 Å². The zero-order valence-electron chi connectivity index (χ0n) is 12.6. The highest BCUT2D eigenvalue weighted by Crippen LogP contribution is 2.30. The van der Waals surface area contributed by atoms with Crippen molar-refractivity contribution in [3.05, 3.63) is 53.1 Å². The van der Waals surface area contributed by atoms with Gasteiger partial charge in [-0.05, 0) is 49.0 Å². The van der Waals surface area contributed by atoms with Crippen LogP contribution in [-0.2, 0) is 0 Å². The molecule has 2 N–H and O–H groups in total. The monoisotopic (exact) mass is 348 g/mol. The Bertz CT molecular complexity index is 723. The predicted molar refractivity (Wildman–Crippen MR) is 96.8 cm³/mol. The first kappa shape index (κ1) is 15.9. The van der Waals surface area contributed by atoms with E-state index < -0.39 is 0 Å². The summed E-state index contributed by atoms with van der Waals surface area (Å²) in [5, 5.41) is 7.53. The lowest BCUT2D eigenvalue weighted by molar-refractivity contribution is 0.0939. The second kappa shape index (κ2) is 7.06. The van der Waals surface area contributed by atoms with Crippen LogP contribution in [-0.4, -0.2) is 24.4 Å². The molecule has 1 heterocycles. The Labute approximate surface area is 145 Å². The lowest BCUT2D eigenvalue weighted by Gasteiger charge is -2.27. The lowest BCUT2D eigenvalue weighted by atomic mass is 10.2. The fourth-order valence-corrected chi connectivity index (χ4v) is 2.65. The van der Waals surface area contributed by atoms with Crippen molar-refractivity contribution in [3.8, 4) is 11.5 Å². The van der Waals surface area contributed by atoms with Crippen LogP contribution in [0.15, 0.2) is 42.5 Å². The zero-order chi connectivity index (χ0) is 16.2. The van der Waals surface area contributed by atoms with Crippen LogP contribution in [0.4, 0.5) is 5.69 Å². The van der Waals surface area contributed by atoms with Crippen LogP contribution < -0.4 is 20.1 Å². The number of ether oxygens (including phenoxy) is 2. The van der Waals surface area contributed by atoms with Crippen LogP contribution in [0.3, 0.4) is 0 Å². The SMILES string of the molecule is Cc1c(Cl)cccc1NC(=S)NC[C@@H]1COc2ccccc2O1. The molecule has 23 heavy (non-hydrogen) atoms. The first-order valence-corrected chi connectivity index (χ1v) is 8.10. The normalized spacial score (nSPS) is 15.8. The fraction of sp³-hybridized carbons (Fsp3) is 0.235. The van der Waals surface area contributed by atoms with Crippen molar-refractivity contribution in [2.24, 2.45) is 0 Å². The molecule has 0 unspecified atom stereocenters. The van der Waals surface area contributed by atoms with Gasteiger partial charge in [0.2, 0.25) is 0 Å². The molecule has 1 atom stereocenters. The van der Waals surface area contributed by atoms with Gasteiger partial charge in [0.05, 0.1) is 6.54 Å². The quantitative estimate of drug-likeness (QED) is 0.826. The summed E-state index contributed by atoms with van der Waals surface area (Å²) in [7, 11) is 0. The minimum Gasteiger partial charge on any atom is -0.486 e. The largest absolute Gasteiger partial charge is 0.486 e. The van der Waals surface area contributed by atoms with Gasteiger partial charge in [0.25, 0.3) is 0 Å². The van der Waals surface area contributed by atoms with E-state index in [0.717, 1.165) is 22.7 Å². The standard InChI is InChI=1S/C17H17ClN2O2S/c1-11-13(18)5-4-6-14(11)20-17(23)19-9-12-10-21-15-7-2-3-8-16(15)22-12/h2-8,12H,9-10H2,1H3,(H2,19,20,23)/t12-/m1/s1. The Morgan fingerprint density at radius 1 is 1.22 bits per heavy atom. The van der Waals surface area contributed by atoms with Gasteiger partial charge in [-0.25, -0.2) is 0 Å². The van der Waals surface area contributed by atoms with E-state index in [1.165, 1.54) is 0 Å². The highest BCUT2D eigenvalue weighted by atomic mass is 35.5. The molecule has 1 aliphatic rings. The summed E-state index contributed by atoms with van der Waals surface area (Å²) in [6.07, 6.45) is -0.0925. The summed E-state index contributed by atoms with van der Waals surface area (Å²) in [4.78, 5) is 0. The minimum absolute atomic E-state index is 0.0925. The number of halogens is 1. The van der Waals surface area contributed by atoms with Crippen molar-refractivity contribution in [1.82, 2.24) is 5.32 Å². The van der Waals surface area contributed by atoms with E-state index in [4.69, 9.17) is 33.3 Å². The molecule has 120 valence electrons. The maximum absolute atomic E-state index is 6.10. The summed E-state index contributed by atoms with van der Waals surface area (Å²) in [5.74, 6) is 1.54. The molecule has 0 radical (unpaired) electrons. The van der Waals surface area contributed by atoms with Gasteiger partial charge >= 0.3 is 0 Å². The Balaban J connectivity index is 1.53. The van der Waals surface area contributed by atoms with Crippen molar-refractivity contribution in [2.45, 2.75) is 13.0 Å². The molecule has 0 spiro atoms. The Hall–Kier alpha value is -1.98. The molecule has 6 heteroatoms. The number of rotatable bonds is 3. The van der Waals surface area contributed by atoms with Gasteiger partial charge in [0.1, 0.15) is 12.7 Å². The molecule has 3 rings (SSSR count). The number of benzene rings is 2. The molecule has 0 aliphatic carbocycles. The molecule has 0 bridgehead atoms. The third-order valence-electron chi connectivity index (χ3n) is 3.57. The average Bonchev–Trinajstić information content (AvgIpc) is 2.57. The molecule has 0 fully saturated rings. The van der Waals surface area contributed by atoms with Gasteiger partial charge in [-0.3, -0.25) is 0 Å². The van der Waals surface area contributed by atoms with E-state index >= 15 is 0 Å². The highest BCUT2D eigenvalue weighted by Gasteiger charge is 2.20. The first-order valence-electron chi connectivity index (χ1n) is 7.32. The summed E-state index contributed by atoms with van der Waals surface area (Å²) >= 11 is 11.4. The number of nitrogens with one attached hydrogen (secondary N) is 2. The average molecular weight is 349 g/mol. The Morgan fingerprint density at radius 3 is 2.83 bits per heavy atom. The van der Waals surface area contributed by atoms with E-state index in [9.17, 15) is 0 Å². The van der Waals surface area contributed by atoms with Gasteiger partial charge in [0.15, 0.2) is 16.6 Å². The summed E-state index contributed by atoms with van der Waals surface area (Å²) in [6.45, 7) is 2.99. The molecule has 2 aromatic rings. The van der Waals surface area contributed by atoms with Crippen molar-refractivity contribution in [2.75, 3.05) is 18.5 Å². The molecule has 4 nitrogen and oxygen atoms in total. The number of hydrogen-bond acceptors (Lipinski definition) is 3. The molecule has 0 saturated heterocycles. The van der Waals surface area contributed by atoms with Gasteiger partial charge in [-0.15, -0.1) is 0 Å². The lowest BCUT2D eigenvalue weighted by Crippen LogP contribution is -2.42. The van der Waals surface area contributed by atoms with Crippen LogP contribution >= 0.6 is 23.8 Å². The third kappa shape index (κ3) is 3.86. The van der Waals surface area contributed by atoms with Crippen LogP contribution in [0, 0.1) is 6.92 Å². The van der Waals surface area contributed by atoms with E-state index in [-0.39, 0.29) is 6.10 Å². The van der Waals surface area contributed by atoms with Gasteiger partial charge in [0, 0.05) is 10.7 Å². The van der Waals surface area contributed by atoms with Gasteiger partial charge in [-0.2, -0.15) is 0 Å². The van der Waals surface area contributed by atoms with E-state index in [0.29, 0.717) is 23.3 Å². The van der Waals surface area contributed by atoms with Gasteiger partial charge in [-0.1, -0.05) is 29.8 Å². The van der Waals surface area contributed by atoms with Crippen LogP contribution in [0.25, 0.3) is 0 Å². The van der Waals surface area contributed by atoms with Crippen LogP contribution in [0.1, 0.15) is 5.56 Å². The molecule has 0 amide bonds. The van der Waals surface area contributed by atoms with E-state index in [1.807, 2.05) is 49.4 Å². The summed E-state index contributed by atoms with van der Waals surface area (Å²) in [6, 6.07) is 13.3. The number of fused-ring (bicyclic) bond motifs is 1. The Morgan fingerprint density at radius 2 is 2.00 bits per heavy atom. The molecule has 2 aromatic carbocycles. The third-order valence-corrected chi connectivity index (χ3v) is 4.23. The Kier molecular flexibility index (Phi) is 4.88. The van der Waals surface area contributed by atoms with Crippen molar-refractivity contribution < 1.29 is 9.47 Å². The second-order valence-corrected chi connectivity index (χ2v) is 6.06. The smallest absolute Gasteiger partial charge is 0.170 e. The minimum atomic E-state index is -0.0925. The maximum Gasteiger partial charge on any atom is 0.170 e. The van der Waals surface area contributed by atoms with E-state index in [2.05, 4.69) is 10.6 Å². The van der Waals surface area contributed by atoms with Crippen molar-refractivity contribution >= 4 is 34.6 Å². The topological polar surface area (TPSA) is 42.5 Å². The number of thiocarbonyl (C=S) groups is 1. The van der Waals surface area contributed by atoms with Gasteiger partial charge < -0.3 is 20.1 Å². The molecule has 1 aliphatic heterocycles.